The third kappa shape index (κ3) is 4.78. The van der Waals surface area contributed by atoms with E-state index in [1.807, 2.05) is 56.3 Å². The molecule has 0 aliphatic carbocycles. The summed E-state index contributed by atoms with van der Waals surface area (Å²) in [7, 11) is 1.60. The molecule has 1 heterocycles. The predicted octanol–water partition coefficient (Wildman–Crippen LogP) is 5.47. The summed E-state index contributed by atoms with van der Waals surface area (Å²) in [4.78, 5) is 26.2. The van der Waals surface area contributed by atoms with Crippen LogP contribution in [0.15, 0.2) is 66.7 Å². The number of rotatable bonds is 6. The second-order valence-electron chi connectivity index (χ2n) is 8.03. The topological polar surface area (TPSA) is 60.3 Å². The maximum Gasteiger partial charge on any atom is 0.262 e. The van der Waals surface area contributed by atoms with Gasteiger partial charge in [-0.3, -0.25) is 14.2 Å². The fourth-order valence-electron chi connectivity index (χ4n) is 3.93. The standard InChI is InChI=1S/C27H25ClN2O3/c1-17-4-6-19(7-5-17)16-29-26(31)15-23-18(2)30(25-13-12-22(33-3)14-24(23)25)27(32)20-8-10-21(28)11-9-20/h4-14H,15-16H2,1-3H3,(H,29,31). The van der Waals surface area contributed by atoms with Crippen molar-refractivity contribution < 1.29 is 14.3 Å². The SMILES string of the molecule is COc1ccc2c(c1)c(CC(=O)NCc1ccc(C)cc1)c(C)n2C(=O)c1ccc(Cl)cc1. The molecular formula is C27H25ClN2O3. The van der Waals surface area contributed by atoms with Crippen LogP contribution < -0.4 is 10.1 Å². The summed E-state index contributed by atoms with van der Waals surface area (Å²) in [5, 5.41) is 4.37. The lowest BCUT2D eigenvalue weighted by molar-refractivity contribution is -0.120. The molecule has 5 nitrogen and oxygen atoms in total. The van der Waals surface area contributed by atoms with Crippen LogP contribution in [-0.4, -0.2) is 23.5 Å². The zero-order valence-electron chi connectivity index (χ0n) is 18.8. The van der Waals surface area contributed by atoms with Gasteiger partial charge in [-0.2, -0.15) is 0 Å². The van der Waals surface area contributed by atoms with Crippen LogP contribution in [0.5, 0.6) is 5.75 Å². The Kier molecular flexibility index (Phi) is 6.52. The molecule has 0 fully saturated rings. The van der Waals surface area contributed by atoms with Gasteiger partial charge in [-0.25, -0.2) is 0 Å². The molecule has 168 valence electrons. The Bertz CT molecular complexity index is 1320. The summed E-state index contributed by atoms with van der Waals surface area (Å²) in [6, 6.07) is 20.4. The van der Waals surface area contributed by atoms with E-state index in [0.29, 0.717) is 22.9 Å². The van der Waals surface area contributed by atoms with E-state index in [4.69, 9.17) is 16.3 Å². The summed E-state index contributed by atoms with van der Waals surface area (Å²) in [5.74, 6) is 0.380. The maximum absolute atomic E-state index is 13.4. The summed E-state index contributed by atoms with van der Waals surface area (Å²) < 4.78 is 7.05. The molecule has 6 heteroatoms. The number of nitrogens with one attached hydrogen (secondary N) is 1. The van der Waals surface area contributed by atoms with E-state index < -0.39 is 0 Å². The summed E-state index contributed by atoms with van der Waals surface area (Å²) in [6.07, 6.45) is 0.155. The monoisotopic (exact) mass is 460 g/mol. The van der Waals surface area contributed by atoms with Crippen LogP contribution in [0.3, 0.4) is 0 Å². The third-order valence-corrected chi connectivity index (χ3v) is 6.04. The number of halogens is 1. The predicted molar refractivity (Wildman–Crippen MR) is 131 cm³/mol. The van der Waals surface area contributed by atoms with Crippen molar-refractivity contribution in [3.05, 3.63) is 99.7 Å². The van der Waals surface area contributed by atoms with Crippen molar-refractivity contribution in [1.82, 2.24) is 9.88 Å². The summed E-state index contributed by atoms with van der Waals surface area (Å²) in [6.45, 7) is 4.34. The third-order valence-electron chi connectivity index (χ3n) is 5.78. The zero-order valence-corrected chi connectivity index (χ0v) is 19.6. The van der Waals surface area contributed by atoms with Crippen molar-refractivity contribution in [3.8, 4) is 5.75 Å². The van der Waals surface area contributed by atoms with Crippen molar-refractivity contribution in [3.63, 3.8) is 0 Å². The van der Waals surface area contributed by atoms with E-state index in [0.717, 1.165) is 27.7 Å². The van der Waals surface area contributed by atoms with Gasteiger partial charge in [-0.05, 0) is 67.4 Å². The maximum atomic E-state index is 13.4. The second-order valence-corrected chi connectivity index (χ2v) is 8.47. The molecular weight excluding hydrogens is 436 g/mol. The normalized spacial score (nSPS) is 10.9. The van der Waals surface area contributed by atoms with Crippen molar-refractivity contribution in [2.24, 2.45) is 0 Å². The Morgan fingerprint density at radius 3 is 2.33 bits per heavy atom. The number of amides is 1. The number of hydrogen-bond acceptors (Lipinski definition) is 3. The molecule has 0 bridgehead atoms. The lowest BCUT2D eigenvalue weighted by atomic mass is 10.1. The molecule has 4 aromatic rings. The van der Waals surface area contributed by atoms with Crippen LogP contribution in [0.25, 0.3) is 10.9 Å². The Labute approximate surface area is 197 Å². The molecule has 0 radical (unpaired) electrons. The minimum atomic E-state index is -0.175. The van der Waals surface area contributed by atoms with Gasteiger partial charge in [0.2, 0.25) is 5.91 Å². The van der Waals surface area contributed by atoms with E-state index in [1.165, 1.54) is 5.56 Å². The molecule has 1 amide bonds. The van der Waals surface area contributed by atoms with E-state index in [9.17, 15) is 9.59 Å². The van der Waals surface area contributed by atoms with E-state index in [2.05, 4.69) is 5.32 Å². The first-order valence-corrected chi connectivity index (χ1v) is 11.1. The molecule has 0 aliphatic heterocycles. The number of carbonyl (C=O) groups excluding carboxylic acids is 2. The number of hydrogen-bond donors (Lipinski definition) is 1. The van der Waals surface area contributed by atoms with Gasteiger partial charge in [-0.1, -0.05) is 41.4 Å². The molecule has 0 unspecified atom stereocenters. The average molecular weight is 461 g/mol. The van der Waals surface area contributed by atoms with Gasteiger partial charge in [-0.15, -0.1) is 0 Å². The Morgan fingerprint density at radius 2 is 1.67 bits per heavy atom. The van der Waals surface area contributed by atoms with E-state index >= 15 is 0 Å². The zero-order chi connectivity index (χ0) is 23.5. The number of nitrogens with zero attached hydrogens (tertiary/aromatic N) is 1. The first-order valence-electron chi connectivity index (χ1n) is 10.7. The van der Waals surface area contributed by atoms with Crippen molar-refractivity contribution >= 4 is 34.3 Å². The number of aromatic nitrogens is 1. The molecule has 4 rings (SSSR count). The molecule has 1 N–H and O–H groups in total. The fourth-order valence-corrected chi connectivity index (χ4v) is 4.05. The van der Waals surface area contributed by atoms with Crippen LogP contribution in [0.4, 0.5) is 0 Å². The van der Waals surface area contributed by atoms with Gasteiger partial charge in [0, 0.05) is 28.2 Å². The number of carbonyl (C=O) groups is 2. The van der Waals surface area contributed by atoms with Gasteiger partial charge >= 0.3 is 0 Å². The smallest absolute Gasteiger partial charge is 0.262 e. The molecule has 0 saturated carbocycles. The highest BCUT2D eigenvalue weighted by atomic mass is 35.5. The van der Waals surface area contributed by atoms with Gasteiger partial charge < -0.3 is 10.1 Å². The lowest BCUT2D eigenvalue weighted by Gasteiger charge is -2.09. The minimum absolute atomic E-state index is 0.112. The quantitative estimate of drug-likeness (QED) is 0.415. The Morgan fingerprint density at radius 1 is 0.970 bits per heavy atom. The first kappa shape index (κ1) is 22.6. The molecule has 3 aromatic carbocycles. The summed E-state index contributed by atoms with van der Waals surface area (Å²) >= 11 is 5.99. The fraction of sp³-hybridized carbons (Fsp3) is 0.185. The van der Waals surface area contributed by atoms with Crippen LogP contribution in [-0.2, 0) is 17.8 Å². The molecule has 1 aromatic heterocycles. The number of fused-ring (bicyclic) bond motifs is 1. The van der Waals surface area contributed by atoms with Gasteiger partial charge in [0.25, 0.3) is 5.91 Å². The minimum Gasteiger partial charge on any atom is -0.497 e. The van der Waals surface area contributed by atoms with Gasteiger partial charge in [0.15, 0.2) is 0 Å². The second kappa shape index (κ2) is 9.51. The number of ether oxygens (including phenoxy) is 1. The number of benzene rings is 3. The average Bonchev–Trinajstić information content (AvgIpc) is 3.09. The number of methoxy groups -OCH3 is 1. The Balaban J connectivity index is 1.67. The van der Waals surface area contributed by atoms with Crippen LogP contribution >= 0.6 is 11.6 Å². The van der Waals surface area contributed by atoms with Crippen LogP contribution in [0, 0.1) is 13.8 Å². The largest absolute Gasteiger partial charge is 0.497 e. The molecule has 0 saturated heterocycles. The Hall–Kier alpha value is -3.57. The van der Waals surface area contributed by atoms with Crippen LogP contribution in [0.1, 0.15) is 32.7 Å². The van der Waals surface area contributed by atoms with E-state index in [1.54, 1.807) is 35.9 Å². The molecule has 0 atom stereocenters. The molecule has 0 aliphatic rings. The highest BCUT2D eigenvalue weighted by Crippen LogP contribution is 2.31. The van der Waals surface area contributed by atoms with Crippen molar-refractivity contribution in [2.75, 3.05) is 7.11 Å². The highest BCUT2D eigenvalue weighted by molar-refractivity contribution is 6.30. The molecule has 33 heavy (non-hydrogen) atoms. The van der Waals surface area contributed by atoms with Crippen molar-refractivity contribution in [2.45, 2.75) is 26.8 Å². The molecule has 0 spiro atoms. The van der Waals surface area contributed by atoms with Crippen molar-refractivity contribution in [1.29, 1.82) is 0 Å². The highest BCUT2D eigenvalue weighted by Gasteiger charge is 2.22. The van der Waals surface area contributed by atoms with Gasteiger partial charge in [0.1, 0.15) is 5.75 Å². The van der Waals surface area contributed by atoms with Gasteiger partial charge in [0.05, 0.1) is 19.0 Å². The summed E-state index contributed by atoms with van der Waals surface area (Å²) in [5.41, 5.74) is 4.98. The lowest BCUT2D eigenvalue weighted by Crippen LogP contribution is -2.25. The van der Waals surface area contributed by atoms with Crippen LogP contribution in [0.2, 0.25) is 5.02 Å². The number of aryl methyl sites for hydroxylation is 1. The van der Waals surface area contributed by atoms with E-state index in [-0.39, 0.29) is 18.2 Å². The first-order chi connectivity index (χ1) is 15.9.